The Morgan fingerprint density at radius 3 is 2.90 bits per heavy atom. The molecule has 1 atom stereocenters. The molecule has 108 valence electrons. The van der Waals surface area contributed by atoms with E-state index in [0.717, 1.165) is 0 Å². The van der Waals surface area contributed by atoms with Crippen molar-refractivity contribution in [1.82, 2.24) is 9.47 Å². The molecule has 1 fully saturated rings. The summed E-state index contributed by atoms with van der Waals surface area (Å²) in [4.78, 5) is 36.4. The summed E-state index contributed by atoms with van der Waals surface area (Å²) in [6.45, 7) is 0.246. The maximum absolute atomic E-state index is 12.2. The molecule has 1 aromatic heterocycles. The van der Waals surface area contributed by atoms with Gasteiger partial charge in [-0.2, -0.15) is 11.8 Å². The molecule has 0 saturated carbocycles. The summed E-state index contributed by atoms with van der Waals surface area (Å²) in [5.74, 6) is -0.262. The highest BCUT2D eigenvalue weighted by molar-refractivity contribution is 9.10. The molecule has 0 radical (unpaired) electrons. The third-order valence-corrected chi connectivity index (χ3v) is 4.48. The van der Waals surface area contributed by atoms with E-state index in [2.05, 4.69) is 15.9 Å². The Labute approximate surface area is 127 Å². The van der Waals surface area contributed by atoms with Gasteiger partial charge < -0.3 is 14.6 Å². The van der Waals surface area contributed by atoms with Crippen LogP contribution in [0, 0.1) is 0 Å². The van der Waals surface area contributed by atoms with Gasteiger partial charge in [0.05, 0.1) is 0 Å². The lowest BCUT2D eigenvalue weighted by atomic mass is 10.2. The predicted molar refractivity (Wildman–Crippen MR) is 78.9 cm³/mol. The molecule has 1 aromatic rings. The summed E-state index contributed by atoms with van der Waals surface area (Å²) in [5, 5.41) is 9.14. The van der Waals surface area contributed by atoms with Crippen LogP contribution in [0.3, 0.4) is 0 Å². The largest absolute Gasteiger partial charge is 0.480 e. The smallest absolute Gasteiger partial charge is 0.327 e. The zero-order valence-corrected chi connectivity index (χ0v) is 12.9. The molecule has 0 spiro atoms. The fraction of sp³-hybridized carbons (Fsp3) is 0.417. The minimum absolute atomic E-state index is 0.146. The Morgan fingerprint density at radius 1 is 1.45 bits per heavy atom. The van der Waals surface area contributed by atoms with Crippen LogP contribution < -0.4 is 5.56 Å². The number of carbonyl (C=O) groups excluding carboxylic acids is 1. The molecular formula is C12H13BrN2O4S. The van der Waals surface area contributed by atoms with Gasteiger partial charge in [-0.15, -0.1) is 0 Å². The zero-order valence-electron chi connectivity index (χ0n) is 10.5. The molecule has 1 N–H and O–H groups in total. The quantitative estimate of drug-likeness (QED) is 0.855. The van der Waals surface area contributed by atoms with Gasteiger partial charge >= 0.3 is 5.97 Å². The lowest BCUT2D eigenvalue weighted by Gasteiger charge is -2.32. The molecule has 20 heavy (non-hydrogen) atoms. The van der Waals surface area contributed by atoms with Crippen molar-refractivity contribution in [2.24, 2.45) is 0 Å². The number of amides is 1. The number of aliphatic carboxylic acids is 1. The van der Waals surface area contributed by atoms with Gasteiger partial charge in [-0.25, -0.2) is 4.79 Å². The van der Waals surface area contributed by atoms with Crippen LogP contribution in [-0.4, -0.2) is 50.5 Å². The van der Waals surface area contributed by atoms with Gasteiger partial charge in [0.2, 0.25) is 5.91 Å². The number of rotatable bonds is 3. The number of thioether (sulfide) groups is 1. The lowest BCUT2D eigenvalue weighted by Crippen LogP contribution is -2.51. The fourth-order valence-electron chi connectivity index (χ4n) is 1.97. The number of carboxylic acid groups (broad SMARTS) is 1. The molecule has 0 aliphatic carbocycles. The molecule has 1 amide bonds. The highest BCUT2D eigenvalue weighted by Gasteiger charge is 2.32. The van der Waals surface area contributed by atoms with E-state index in [4.69, 9.17) is 5.11 Å². The van der Waals surface area contributed by atoms with E-state index in [1.807, 2.05) is 0 Å². The molecule has 0 bridgehead atoms. The van der Waals surface area contributed by atoms with E-state index in [0.29, 0.717) is 22.5 Å². The first-order chi connectivity index (χ1) is 9.49. The second kappa shape index (κ2) is 6.45. The number of nitrogens with zero attached hydrogens (tertiary/aromatic N) is 2. The molecule has 1 saturated heterocycles. The van der Waals surface area contributed by atoms with E-state index in [9.17, 15) is 14.4 Å². The maximum atomic E-state index is 12.2. The zero-order chi connectivity index (χ0) is 14.7. The third kappa shape index (κ3) is 3.43. The number of carboxylic acids is 1. The van der Waals surface area contributed by atoms with Crippen LogP contribution >= 0.6 is 27.7 Å². The number of aromatic nitrogens is 1. The Morgan fingerprint density at radius 2 is 2.20 bits per heavy atom. The van der Waals surface area contributed by atoms with Crippen molar-refractivity contribution in [3.8, 4) is 0 Å². The van der Waals surface area contributed by atoms with Crippen LogP contribution in [-0.2, 0) is 16.1 Å². The van der Waals surface area contributed by atoms with Gasteiger partial charge in [-0.1, -0.05) is 0 Å². The second-order valence-corrected chi connectivity index (χ2v) is 6.40. The van der Waals surface area contributed by atoms with Gasteiger partial charge in [0, 0.05) is 34.8 Å². The summed E-state index contributed by atoms with van der Waals surface area (Å²) in [6.07, 6.45) is 1.52. The molecule has 1 aliphatic rings. The van der Waals surface area contributed by atoms with E-state index >= 15 is 0 Å². The van der Waals surface area contributed by atoms with Gasteiger partial charge in [-0.3, -0.25) is 9.59 Å². The van der Waals surface area contributed by atoms with Crippen LogP contribution in [0.4, 0.5) is 0 Å². The normalized spacial score (nSPS) is 18.9. The molecule has 2 heterocycles. The molecule has 8 heteroatoms. The monoisotopic (exact) mass is 360 g/mol. The van der Waals surface area contributed by atoms with Gasteiger partial charge in [-0.05, 0) is 22.0 Å². The van der Waals surface area contributed by atoms with Gasteiger partial charge in [0.25, 0.3) is 5.56 Å². The number of pyridine rings is 1. The molecule has 0 aromatic carbocycles. The van der Waals surface area contributed by atoms with Crippen molar-refractivity contribution in [3.63, 3.8) is 0 Å². The van der Waals surface area contributed by atoms with E-state index in [1.54, 1.807) is 6.07 Å². The number of halogens is 1. The minimum atomic E-state index is -1.01. The number of hydrogen-bond acceptors (Lipinski definition) is 4. The topological polar surface area (TPSA) is 79.6 Å². The van der Waals surface area contributed by atoms with E-state index < -0.39 is 12.0 Å². The minimum Gasteiger partial charge on any atom is -0.480 e. The van der Waals surface area contributed by atoms with E-state index in [-0.39, 0.29) is 18.0 Å². The summed E-state index contributed by atoms with van der Waals surface area (Å²) in [7, 11) is 0. The van der Waals surface area contributed by atoms with Crippen molar-refractivity contribution in [1.29, 1.82) is 0 Å². The lowest BCUT2D eigenvalue weighted by molar-refractivity contribution is -0.149. The first-order valence-corrected chi connectivity index (χ1v) is 7.90. The number of carbonyl (C=O) groups is 2. The predicted octanol–water partition coefficient (Wildman–Crippen LogP) is 0.639. The summed E-state index contributed by atoms with van der Waals surface area (Å²) in [6, 6.07) is 2.14. The molecular weight excluding hydrogens is 348 g/mol. The summed E-state index contributed by atoms with van der Waals surface area (Å²) >= 11 is 4.75. The fourth-order valence-corrected chi connectivity index (χ4v) is 3.39. The summed E-state index contributed by atoms with van der Waals surface area (Å²) in [5.41, 5.74) is -0.292. The van der Waals surface area contributed by atoms with Crippen molar-refractivity contribution in [3.05, 3.63) is 33.2 Å². The van der Waals surface area contributed by atoms with Crippen molar-refractivity contribution >= 4 is 39.6 Å². The Balaban J connectivity index is 2.16. The average molecular weight is 361 g/mol. The van der Waals surface area contributed by atoms with Gasteiger partial charge in [0.15, 0.2) is 0 Å². The van der Waals surface area contributed by atoms with E-state index in [1.165, 1.54) is 33.5 Å². The average Bonchev–Trinajstić information content (AvgIpc) is 2.42. The van der Waals surface area contributed by atoms with Crippen LogP contribution in [0.1, 0.15) is 0 Å². The first-order valence-electron chi connectivity index (χ1n) is 5.95. The number of hydrogen-bond donors (Lipinski definition) is 1. The highest BCUT2D eigenvalue weighted by Crippen LogP contribution is 2.17. The Bertz CT molecular complexity index is 589. The van der Waals surface area contributed by atoms with Crippen LogP contribution in [0.15, 0.2) is 27.6 Å². The van der Waals surface area contributed by atoms with Crippen LogP contribution in [0.5, 0.6) is 0 Å². The SMILES string of the molecule is O=C(O)C1CSCCN1C(=O)Cn1cc(Br)ccc1=O. The highest BCUT2D eigenvalue weighted by atomic mass is 79.9. The van der Waals surface area contributed by atoms with Crippen molar-refractivity contribution < 1.29 is 14.7 Å². The van der Waals surface area contributed by atoms with Gasteiger partial charge in [0.1, 0.15) is 12.6 Å². The molecule has 2 rings (SSSR count). The van der Waals surface area contributed by atoms with Crippen LogP contribution in [0.25, 0.3) is 0 Å². The molecule has 1 aliphatic heterocycles. The Hall–Kier alpha value is -1.28. The van der Waals surface area contributed by atoms with Crippen LogP contribution in [0.2, 0.25) is 0 Å². The maximum Gasteiger partial charge on any atom is 0.327 e. The summed E-state index contributed by atoms with van der Waals surface area (Å²) < 4.78 is 1.96. The van der Waals surface area contributed by atoms with Crippen molar-refractivity contribution in [2.45, 2.75) is 12.6 Å². The van der Waals surface area contributed by atoms with Crippen molar-refractivity contribution in [2.75, 3.05) is 18.1 Å². The molecule has 1 unspecified atom stereocenters. The standard InChI is InChI=1S/C12H13BrN2O4S/c13-8-1-2-10(16)14(5-8)6-11(17)15-3-4-20-7-9(15)12(18)19/h1-2,5,9H,3-4,6-7H2,(H,18,19). The Kier molecular flexibility index (Phi) is 4.87. The second-order valence-electron chi connectivity index (χ2n) is 4.33. The third-order valence-electron chi connectivity index (χ3n) is 2.99. The molecule has 6 nitrogen and oxygen atoms in total. The first kappa shape index (κ1) is 15.1.